The van der Waals surface area contributed by atoms with Gasteiger partial charge >= 0.3 is 0 Å². The number of aromatic nitrogens is 2. The van der Waals surface area contributed by atoms with E-state index in [1.165, 1.54) is 0 Å². The largest absolute Gasteiger partial charge is 0.357 e. The Labute approximate surface area is 116 Å². The lowest BCUT2D eigenvalue weighted by atomic mass is 10.2. The summed E-state index contributed by atoms with van der Waals surface area (Å²) in [6, 6.07) is 1.91. The van der Waals surface area contributed by atoms with E-state index in [1.807, 2.05) is 25.3 Å². The maximum Gasteiger partial charge on any atom is 0.267 e. The molecule has 0 saturated heterocycles. The van der Waals surface area contributed by atoms with Crippen LogP contribution in [0.15, 0.2) is 17.6 Å². The predicted octanol–water partition coefficient (Wildman–Crippen LogP) is 1.91. The Morgan fingerprint density at radius 1 is 1.63 bits per heavy atom. The fraction of sp³-hybridized carbons (Fsp3) is 0.385. The number of nitrogens with zero attached hydrogens (tertiary/aromatic N) is 1. The Morgan fingerprint density at radius 3 is 3.05 bits per heavy atom. The van der Waals surface area contributed by atoms with Crippen molar-refractivity contribution in [3.05, 3.63) is 28.3 Å². The number of hydrogen-bond donors (Lipinski definition) is 3. The molecule has 5 nitrogen and oxygen atoms in total. The summed E-state index contributed by atoms with van der Waals surface area (Å²) in [6.07, 6.45) is 2.57. The first-order valence-electron chi connectivity index (χ1n) is 6.21. The van der Waals surface area contributed by atoms with Crippen LogP contribution in [0.2, 0.25) is 0 Å². The minimum atomic E-state index is -0.112. The third-order valence-corrected chi connectivity index (χ3v) is 3.50. The number of nitrogens with one attached hydrogen (secondary N) is 2. The lowest BCUT2D eigenvalue weighted by Crippen LogP contribution is -2.29. The van der Waals surface area contributed by atoms with E-state index < -0.39 is 0 Å². The zero-order chi connectivity index (χ0) is 13.8. The van der Waals surface area contributed by atoms with Crippen molar-refractivity contribution < 1.29 is 4.79 Å². The van der Waals surface area contributed by atoms with Gasteiger partial charge in [-0.3, -0.25) is 4.79 Å². The minimum absolute atomic E-state index is 0.0949. The fourth-order valence-corrected chi connectivity index (χ4v) is 2.30. The number of rotatable bonds is 5. The maximum absolute atomic E-state index is 11.9. The van der Waals surface area contributed by atoms with Gasteiger partial charge in [0.15, 0.2) is 0 Å². The third kappa shape index (κ3) is 3.65. The van der Waals surface area contributed by atoms with Gasteiger partial charge in [0.05, 0.1) is 10.7 Å². The van der Waals surface area contributed by atoms with Gasteiger partial charge in [0.2, 0.25) is 0 Å². The summed E-state index contributed by atoms with van der Waals surface area (Å²) in [5.74, 6) is -0.112. The molecule has 0 aromatic carbocycles. The summed E-state index contributed by atoms with van der Waals surface area (Å²) in [6.45, 7) is 4.46. The zero-order valence-electron chi connectivity index (χ0n) is 11.1. The van der Waals surface area contributed by atoms with Gasteiger partial charge in [-0.2, -0.15) is 0 Å². The van der Waals surface area contributed by atoms with E-state index in [0.717, 1.165) is 22.7 Å². The first kappa shape index (κ1) is 13.8. The van der Waals surface area contributed by atoms with E-state index in [9.17, 15) is 4.79 Å². The van der Waals surface area contributed by atoms with Crippen molar-refractivity contribution in [2.75, 3.05) is 6.54 Å². The third-order valence-electron chi connectivity index (χ3n) is 2.73. The predicted molar refractivity (Wildman–Crippen MR) is 77.2 cm³/mol. The number of nitrogens with two attached hydrogens (primary N) is 1. The highest BCUT2D eigenvalue weighted by molar-refractivity contribution is 7.09. The standard InChI is InChI=1S/C13H18N4OS/c1-8(14)3-4-15-13(18)11-5-10(6-16-11)12-7-19-9(2)17-12/h5-8,16H,3-4,14H2,1-2H3,(H,15,18). The van der Waals surface area contributed by atoms with E-state index in [-0.39, 0.29) is 11.9 Å². The van der Waals surface area contributed by atoms with Crippen molar-refractivity contribution in [1.29, 1.82) is 0 Å². The molecule has 1 amide bonds. The summed E-state index contributed by atoms with van der Waals surface area (Å²) in [5.41, 5.74) is 8.01. The summed E-state index contributed by atoms with van der Waals surface area (Å²) in [4.78, 5) is 19.2. The first-order chi connectivity index (χ1) is 9.06. The van der Waals surface area contributed by atoms with Crippen LogP contribution in [0, 0.1) is 6.92 Å². The first-order valence-corrected chi connectivity index (χ1v) is 7.09. The highest BCUT2D eigenvalue weighted by Gasteiger charge is 2.10. The average molecular weight is 278 g/mol. The zero-order valence-corrected chi connectivity index (χ0v) is 11.9. The van der Waals surface area contributed by atoms with Crippen molar-refractivity contribution >= 4 is 17.2 Å². The molecule has 2 aromatic rings. The Morgan fingerprint density at radius 2 is 2.42 bits per heavy atom. The highest BCUT2D eigenvalue weighted by Crippen LogP contribution is 2.22. The maximum atomic E-state index is 11.9. The summed E-state index contributed by atoms with van der Waals surface area (Å²) in [7, 11) is 0. The number of hydrogen-bond acceptors (Lipinski definition) is 4. The smallest absolute Gasteiger partial charge is 0.267 e. The molecular formula is C13H18N4OS. The molecule has 1 atom stereocenters. The Kier molecular flexibility index (Phi) is 4.34. The molecule has 0 aliphatic rings. The molecule has 0 spiro atoms. The molecule has 6 heteroatoms. The van der Waals surface area contributed by atoms with Gasteiger partial charge in [0.25, 0.3) is 5.91 Å². The number of amides is 1. The van der Waals surface area contributed by atoms with Crippen LogP contribution in [0.3, 0.4) is 0 Å². The quantitative estimate of drug-likeness (QED) is 0.781. The minimum Gasteiger partial charge on any atom is -0.357 e. The molecule has 0 fully saturated rings. The Bertz CT molecular complexity index is 558. The molecule has 19 heavy (non-hydrogen) atoms. The number of carbonyl (C=O) groups is 1. The summed E-state index contributed by atoms with van der Waals surface area (Å²) < 4.78 is 0. The van der Waals surface area contributed by atoms with E-state index >= 15 is 0 Å². The molecule has 4 N–H and O–H groups in total. The summed E-state index contributed by atoms with van der Waals surface area (Å²) in [5, 5.41) is 5.83. The van der Waals surface area contributed by atoms with Gasteiger partial charge < -0.3 is 16.0 Å². The van der Waals surface area contributed by atoms with Crippen molar-refractivity contribution in [1.82, 2.24) is 15.3 Å². The highest BCUT2D eigenvalue weighted by atomic mass is 32.1. The van der Waals surface area contributed by atoms with Gasteiger partial charge in [0.1, 0.15) is 5.69 Å². The molecule has 1 unspecified atom stereocenters. The number of aryl methyl sites for hydroxylation is 1. The second-order valence-electron chi connectivity index (χ2n) is 4.58. The van der Waals surface area contributed by atoms with E-state index in [4.69, 9.17) is 5.73 Å². The van der Waals surface area contributed by atoms with Crippen LogP contribution >= 0.6 is 11.3 Å². The van der Waals surface area contributed by atoms with Crippen LogP contribution in [-0.4, -0.2) is 28.5 Å². The molecule has 0 aliphatic carbocycles. The molecule has 102 valence electrons. The number of thiazole rings is 1. The lowest BCUT2D eigenvalue weighted by molar-refractivity contribution is 0.0948. The molecular weight excluding hydrogens is 260 g/mol. The van der Waals surface area contributed by atoms with Crippen LogP contribution in [-0.2, 0) is 0 Å². The number of carbonyl (C=O) groups excluding carboxylic acids is 1. The second kappa shape index (κ2) is 5.99. The van der Waals surface area contributed by atoms with Crippen molar-refractivity contribution in [2.45, 2.75) is 26.3 Å². The Balaban J connectivity index is 1.98. The molecule has 2 heterocycles. The number of H-pyrrole nitrogens is 1. The normalized spacial score (nSPS) is 12.4. The average Bonchev–Trinajstić information content (AvgIpc) is 2.96. The van der Waals surface area contributed by atoms with Gasteiger partial charge in [-0.05, 0) is 26.3 Å². The van der Waals surface area contributed by atoms with Gasteiger partial charge in [-0.25, -0.2) is 4.98 Å². The van der Waals surface area contributed by atoms with E-state index in [1.54, 1.807) is 17.5 Å². The van der Waals surface area contributed by atoms with E-state index in [0.29, 0.717) is 12.2 Å². The van der Waals surface area contributed by atoms with Crippen LogP contribution < -0.4 is 11.1 Å². The molecule has 2 rings (SSSR count). The van der Waals surface area contributed by atoms with Crippen LogP contribution in [0.4, 0.5) is 0 Å². The molecule has 0 saturated carbocycles. The fourth-order valence-electron chi connectivity index (χ4n) is 1.68. The van der Waals surface area contributed by atoms with Crippen molar-refractivity contribution in [3.63, 3.8) is 0 Å². The SMILES string of the molecule is Cc1nc(-c2c[nH]c(C(=O)NCCC(C)N)c2)cs1. The monoisotopic (exact) mass is 278 g/mol. The van der Waals surface area contributed by atoms with Crippen molar-refractivity contribution in [2.24, 2.45) is 5.73 Å². The van der Waals surface area contributed by atoms with Crippen LogP contribution in [0.25, 0.3) is 11.3 Å². The van der Waals surface area contributed by atoms with Gasteiger partial charge in [0, 0.05) is 29.7 Å². The lowest BCUT2D eigenvalue weighted by Gasteiger charge is -2.05. The van der Waals surface area contributed by atoms with E-state index in [2.05, 4.69) is 15.3 Å². The summed E-state index contributed by atoms with van der Waals surface area (Å²) >= 11 is 1.59. The molecule has 0 radical (unpaired) electrons. The van der Waals surface area contributed by atoms with Crippen LogP contribution in [0.1, 0.15) is 28.8 Å². The van der Waals surface area contributed by atoms with Crippen LogP contribution in [0.5, 0.6) is 0 Å². The molecule has 0 bridgehead atoms. The van der Waals surface area contributed by atoms with Crippen molar-refractivity contribution in [3.8, 4) is 11.3 Å². The molecule has 0 aliphatic heterocycles. The number of aromatic amines is 1. The van der Waals surface area contributed by atoms with Gasteiger partial charge in [-0.15, -0.1) is 11.3 Å². The Hall–Kier alpha value is -1.66. The topological polar surface area (TPSA) is 83.8 Å². The second-order valence-corrected chi connectivity index (χ2v) is 5.64. The molecule has 2 aromatic heterocycles. The van der Waals surface area contributed by atoms with Gasteiger partial charge in [-0.1, -0.05) is 0 Å².